The molecule has 51 heavy (non-hydrogen) atoms. The highest BCUT2D eigenvalue weighted by atomic mass is 32.1. The lowest BCUT2D eigenvalue weighted by Crippen LogP contribution is -1.95. The molecule has 11 aromatic rings. The van der Waals surface area contributed by atoms with Gasteiger partial charge in [-0.15, -0.1) is 11.3 Å². The summed E-state index contributed by atoms with van der Waals surface area (Å²) in [6.45, 7) is 0. The third kappa shape index (κ3) is 4.29. The van der Waals surface area contributed by atoms with E-state index >= 15 is 0 Å². The van der Waals surface area contributed by atoms with E-state index in [1.54, 1.807) is 0 Å². The van der Waals surface area contributed by atoms with E-state index < -0.39 is 0 Å². The van der Waals surface area contributed by atoms with Crippen LogP contribution in [-0.4, -0.2) is 9.13 Å². The lowest BCUT2D eigenvalue weighted by molar-refractivity contribution is 1.17. The summed E-state index contributed by atoms with van der Waals surface area (Å²) in [6.07, 6.45) is 0. The summed E-state index contributed by atoms with van der Waals surface area (Å²) in [5.74, 6) is 0. The number of aromatic nitrogens is 2. The Labute approximate surface area is 298 Å². The molecular weight excluding hydrogens is 637 g/mol. The first kappa shape index (κ1) is 28.4. The van der Waals surface area contributed by atoms with Crippen molar-refractivity contribution in [2.45, 2.75) is 0 Å². The van der Waals surface area contributed by atoms with Gasteiger partial charge in [-0.05, 0) is 76.9 Å². The van der Waals surface area contributed by atoms with Crippen LogP contribution in [0, 0.1) is 0 Å². The first-order chi connectivity index (χ1) is 25.3. The Morgan fingerprint density at radius 1 is 0.314 bits per heavy atom. The number of rotatable bonds is 4. The zero-order chi connectivity index (χ0) is 33.5. The largest absolute Gasteiger partial charge is 0.309 e. The highest BCUT2D eigenvalue weighted by molar-refractivity contribution is 7.25. The lowest BCUT2D eigenvalue weighted by Gasteiger charge is -2.11. The molecule has 0 saturated heterocycles. The average Bonchev–Trinajstić information content (AvgIpc) is 3.86. The molecule has 0 unspecified atom stereocenters. The predicted octanol–water partition coefficient (Wildman–Crippen LogP) is 13.6. The summed E-state index contributed by atoms with van der Waals surface area (Å²) in [7, 11) is 0. The summed E-state index contributed by atoms with van der Waals surface area (Å²) in [4.78, 5) is 0. The molecule has 0 N–H and O–H groups in total. The third-order valence-corrected chi connectivity index (χ3v) is 11.7. The minimum Gasteiger partial charge on any atom is -0.309 e. The van der Waals surface area contributed by atoms with E-state index in [4.69, 9.17) is 0 Å². The number of benzene rings is 8. The molecule has 0 atom stereocenters. The Kier molecular flexibility index (Phi) is 6.16. The van der Waals surface area contributed by atoms with Gasteiger partial charge in [-0.25, -0.2) is 0 Å². The molecule has 0 aliphatic carbocycles. The Balaban J connectivity index is 1.01. The van der Waals surface area contributed by atoms with Gasteiger partial charge in [-0.3, -0.25) is 0 Å². The lowest BCUT2D eigenvalue weighted by atomic mass is 9.99. The molecule has 0 bridgehead atoms. The number of hydrogen-bond acceptors (Lipinski definition) is 1. The molecule has 3 aromatic heterocycles. The summed E-state index contributed by atoms with van der Waals surface area (Å²) in [5, 5.41) is 7.75. The quantitative estimate of drug-likeness (QED) is 0.177. The minimum atomic E-state index is 1.15. The standard InChI is InChI=1S/C48H30N2S/c1-2-10-35(11-3-1)50-42-15-7-4-12-37(42)40-28-29-44-47(48(40)50)41-14-5-8-16-43(41)49(44)36-25-22-32(23-26-36)31-18-20-33(21-19-31)34-24-27-39-38-13-6-9-17-45(38)51-46(39)30-34/h1-30H. The van der Waals surface area contributed by atoms with Crippen LogP contribution >= 0.6 is 11.3 Å². The molecule has 0 saturated carbocycles. The second-order valence-corrected chi connectivity index (χ2v) is 14.4. The number of nitrogens with zero attached hydrogens (tertiary/aromatic N) is 2. The molecule has 0 amide bonds. The zero-order valence-corrected chi connectivity index (χ0v) is 28.4. The Hall–Kier alpha value is -6.42. The Bertz CT molecular complexity index is 3100. The van der Waals surface area contributed by atoms with Gasteiger partial charge < -0.3 is 9.13 Å². The van der Waals surface area contributed by atoms with E-state index in [-0.39, 0.29) is 0 Å². The van der Waals surface area contributed by atoms with Crippen molar-refractivity contribution in [3.63, 3.8) is 0 Å². The molecular formula is C48H30N2S. The summed E-state index contributed by atoms with van der Waals surface area (Å²) in [6, 6.07) is 66.6. The van der Waals surface area contributed by atoms with E-state index in [0.29, 0.717) is 0 Å². The maximum absolute atomic E-state index is 2.44. The van der Waals surface area contributed by atoms with Crippen molar-refractivity contribution >= 4 is 75.1 Å². The predicted molar refractivity (Wildman–Crippen MR) is 219 cm³/mol. The third-order valence-electron chi connectivity index (χ3n) is 10.5. The highest BCUT2D eigenvalue weighted by Gasteiger charge is 2.20. The Morgan fingerprint density at radius 2 is 0.843 bits per heavy atom. The second kappa shape index (κ2) is 11.0. The fourth-order valence-corrected chi connectivity index (χ4v) is 9.34. The summed E-state index contributed by atoms with van der Waals surface area (Å²) >= 11 is 1.87. The van der Waals surface area contributed by atoms with Crippen LogP contribution in [0.5, 0.6) is 0 Å². The smallest absolute Gasteiger partial charge is 0.0641 e. The van der Waals surface area contributed by atoms with Gasteiger partial charge in [0.2, 0.25) is 0 Å². The van der Waals surface area contributed by atoms with Crippen LogP contribution in [0.15, 0.2) is 182 Å². The first-order valence-electron chi connectivity index (χ1n) is 17.4. The van der Waals surface area contributed by atoms with E-state index in [2.05, 4.69) is 191 Å². The van der Waals surface area contributed by atoms with Gasteiger partial charge in [0.25, 0.3) is 0 Å². The van der Waals surface area contributed by atoms with E-state index in [0.717, 1.165) is 5.69 Å². The monoisotopic (exact) mass is 666 g/mol. The van der Waals surface area contributed by atoms with E-state index in [1.165, 1.54) is 91.7 Å². The van der Waals surface area contributed by atoms with Gasteiger partial charge in [0.15, 0.2) is 0 Å². The topological polar surface area (TPSA) is 9.86 Å². The molecule has 3 heteroatoms. The zero-order valence-electron chi connectivity index (χ0n) is 27.6. The van der Waals surface area contributed by atoms with Gasteiger partial charge in [-0.1, -0.05) is 127 Å². The van der Waals surface area contributed by atoms with Crippen LogP contribution < -0.4 is 0 Å². The van der Waals surface area contributed by atoms with Crippen molar-refractivity contribution in [2.75, 3.05) is 0 Å². The van der Waals surface area contributed by atoms with Gasteiger partial charge >= 0.3 is 0 Å². The molecule has 3 heterocycles. The van der Waals surface area contributed by atoms with E-state index in [1.807, 2.05) is 11.3 Å². The van der Waals surface area contributed by atoms with Crippen molar-refractivity contribution in [1.82, 2.24) is 9.13 Å². The SMILES string of the molecule is c1ccc(-n2c3ccccc3c3ccc4c(c5ccccc5n4-c4ccc(-c5ccc(-c6ccc7c(c6)sc6ccccc67)cc5)cc4)c32)cc1. The first-order valence-corrected chi connectivity index (χ1v) is 18.3. The molecule has 11 rings (SSSR count). The van der Waals surface area contributed by atoms with E-state index in [9.17, 15) is 0 Å². The fraction of sp³-hybridized carbons (Fsp3) is 0. The van der Waals surface area contributed by atoms with Gasteiger partial charge in [0.1, 0.15) is 0 Å². The fourth-order valence-electron chi connectivity index (χ4n) is 8.20. The summed E-state index contributed by atoms with van der Waals surface area (Å²) < 4.78 is 7.54. The molecule has 0 aliphatic rings. The van der Waals surface area contributed by atoms with Gasteiger partial charge in [0.05, 0.1) is 22.1 Å². The average molecular weight is 667 g/mol. The molecule has 2 nitrogen and oxygen atoms in total. The number of fused-ring (bicyclic) bond motifs is 10. The normalized spacial score (nSPS) is 11.9. The van der Waals surface area contributed by atoms with Crippen LogP contribution in [-0.2, 0) is 0 Å². The maximum atomic E-state index is 2.44. The Morgan fingerprint density at radius 3 is 1.61 bits per heavy atom. The van der Waals surface area contributed by atoms with Crippen molar-refractivity contribution in [2.24, 2.45) is 0 Å². The van der Waals surface area contributed by atoms with Crippen LogP contribution in [0.4, 0.5) is 0 Å². The molecule has 0 fully saturated rings. The molecule has 0 radical (unpaired) electrons. The van der Waals surface area contributed by atoms with Crippen LogP contribution in [0.3, 0.4) is 0 Å². The number of hydrogen-bond donors (Lipinski definition) is 0. The minimum absolute atomic E-state index is 1.15. The highest BCUT2D eigenvalue weighted by Crippen LogP contribution is 2.42. The summed E-state index contributed by atoms with van der Waals surface area (Å²) in [5.41, 5.74) is 12.1. The number of thiophene rings is 1. The van der Waals surface area contributed by atoms with Crippen molar-refractivity contribution in [3.05, 3.63) is 182 Å². The second-order valence-electron chi connectivity index (χ2n) is 13.3. The van der Waals surface area contributed by atoms with Crippen molar-refractivity contribution in [3.8, 4) is 33.6 Å². The molecule has 8 aromatic carbocycles. The molecule has 0 aliphatic heterocycles. The van der Waals surface area contributed by atoms with Gasteiger partial charge in [0, 0.05) is 53.1 Å². The van der Waals surface area contributed by atoms with Crippen LogP contribution in [0.2, 0.25) is 0 Å². The van der Waals surface area contributed by atoms with Gasteiger partial charge in [-0.2, -0.15) is 0 Å². The van der Waals surface area contributed by atoms with Crippen molar-refractivity contribution < 1.29 is 0 Å². The number of para-hydroxylation sites is 3. The van der Waals surface area contributed by atoms with Crippen LogP contribution in [0.1, 0.15) is 0 Å². The molecule has 0 spiro atoms. The van der Waals surface area contributed by atoms with Crippen LogP contribution in [0.25, 0.3) is 97.4 Å². The molecule has 238 valence electrons. The van der Waals surface area contributed by atoms with Crippen molar-refractivity contribution in [1.29, 1.82) is 0 Å². The maximum Gasteiger partial charge on any atom is 0.0641 e.